The second kappa shape index (κ2) is 2.59. The molecule has 0 unspecified atom stereocenters. The molecule has 0 saturated carbocycles. The zero-order valence-corrected chi connectivity index (χ0v) is 5.69. The Bertz CT molecular complexity index is 206. The number of aromatic nitrogens is 2. The Kier molecular flexibility index (Phi) is 1.79. The lowest BCUT2D eigenvalue weighted by Gasteiger charge is -1.85. The average molecular weight is 141 g/mol. The van der Waals surface area contributed by atoms with E-state index in [2.05, 4.69) is 16.2 Å². The van der Waals surface area contributed by atoms with Gasteiger partial charge >= 0.3 is 0 Å². The van der Waals surface area contributed by atoms with Crippen LogP contribution in [0.25, 0.3) is 0 Å². The number of nitrogens with two attached hydrogens (primary N) is 1. The van der Waals surface area contributed by atoms with Gasteiger partial charge in [-0.15, -0.1) is 11.7 Å². The third-order valence-corrected chi connectivity index (χ3v) is 1.67. The molecule has 0 spiro atoms. The number of allylic oxidation sites excluding steroid dienone is 1. The summed E-state index contributed by atoms with van der Waals surface area (Å²) in [6, 6.07) is 0. The molecule has 1 heterocycles. The summed E-state index contributed by atoms with van der Waals surface area (Å²) in [5.74, 6) is 0.528. The molecule has 0 bridgehead atoms. The van der Waals surface area contributed by atoms with Crippen molar-refractivity contribution in [3.05, 3.63) is 17.5 Å². The minimum atomic E-state index is 0.528. The lowest BCUT2D eigenvalue weighted by Crippen LogP contribution is -1.88. The number of rotatable bonds is 2. The first-order valence-electron chi connectivity index (χ1n) is 2.52. The van der Waals surface area contributed by atoms with Crippen molar-refractivity contribution >= 4 is 17.4 Å². The first kappa shape index (κ1) is 6.22. The van der Waals surface area contributed by atoms with Crippen molar-refractivity contribution in [2.24, 2.45) is 0 Å². The van der Waals surface area contributed by atoms with Crippen LogP contribution in [-0.2, 0) is 6.42 Å². The van der Waals surface area contributed by atoms with Crippen LogP contribution in [0.15, 0.2) is 12.7 Å². The summed E-state index contributed by atoms with van der Waals surface area (Å²) >= 11 is 1.32. The predicted molar refractivity (Wildman–Crippen MR) is 38.2 cm³/mol. The van der Waals surface area contributed by atoms with Crippen molar-refractivity contribution in [1.29, 1.82) is 0 Å². The van der Waals surface area contributed by atoms with E-state index in [9.17, 15) is 0 Å². The fourth-order valence-electron chi connectivity index (χ4n) is 0.489. The molecule has 0 radical (unpaired) electrons. The lowest BCUT2D eigenvalue weighted by molar-refractivity contribution is 1.15. The molecule has 2 N–H and O–H groups in total. The third kappa shape index (κ3) is 1.26. The third-order valence-electron chi connectivity index (χ3n) is 0.915. The van der Waals surface area contributed by atoms with E-state index in [4.69, 9.17) is 5.73 Å². The van der Waals surface area contributed by atoms with Crippen molar-refractivity contribution in [2.75, 3.05) is 5.73 Å². The number of hydrogen-bond donors (Lipinski definition) is 1. The SMILES string of the molecule is C=CCc1snnc1N. The lowest BCUT2D eigenvalue weighted by atomic mass is 10.3. The molecule has 0 aliphatic heterocycles. The van der Waals surface area contributed by atoms with E-state index < -0.39 is 0 Å². The molecule has 0 aromatic carbocycles. The van der Waals surface area contributed by atoms with E-state index in [-0.39, 0.29) is 0 Å². The largest absolute Gasteiger partial charge is 0.381 e. The fourth-order valence-corrected chi connectivity index (χ4v) is 1.04. The van der Waals surface area contributed by atoms with Crippen LogP contribution in [0.4, 0.5) is 5.82 Å². The highest BCUT2D eigenvalue weighted by molar-refractivity contribution is 7.06. The van der Waals surface area contributed by atoms with Crippen molar-refractivity contribution in [3.8, 4) is 0 Å². The van der Waals surface area contributed by atoms with Gasteiger partial charge in [-0.3, -0.25) is 0 Å². The molecule has 0 atom stereocenters. The van der Waals surface area contributed by atoms with Gasteiger partial charge in [0.25, 0.3) is 0 Å². The summed E-state index contributed by atoms with van der Waals surface area (Å²) in [7, 11) is 0. The topological polar surface area (TPSA) is 51.8 Å². The first-order valence-corrected chi connectivity index (χ1v) is 3.29. The molecule has 0 aliphatic carbocycles. The number of hydrogen-bond acceptors (Lipinski definition) is 4. The van der Waals surface area contributed by atoms with Gasteiger partial charge in [-0.2, -0.15) is 0 Å². The maximum atomic E-state index is 5.42. The molecule has 1 aromatic rings. The van der Waals surface area contributed by atoms with E-state index in [0.717, 1.165) is 11.3 Å². The predicted octanol–water partition coefficient (Wildman–Crippen LogP) is 0.849. The van der Waals surface area contributed by atoms with Crippen LogP contribution in [0.2, 0.25) is 0 Å². The maximum Gasteiger partial charge on any atom is 0.162 e. The van der Waals surface area contributed by atoms with E-state index in [1.807, 2.05) is 0 Å². The van der Waals surface area contributed by atoms with E-state index in [0.29, 0.717) is 5.82 Å². The molecule has 1 aromatic heterocycles. The van der Waals surface area contributed by atoms with Crippen LogP contribution in [0.5, 0.6) is 0 Å². The highest BCUT2D eigenvalue weighted by Crippen LogP contribution is 2.12. The Labute approximate surface area is 57.4 Å². The van der Waals surface area contributed by atoms with Gasteiger partial charge in [0.15, 0.2) is 5.82 Å². The van der Waals surface area contributed by atoms with Gasteiger partial charge in [0.1, 0.15) is 0 Å². The minimum absolute atomic E-state index is 0.528. The molecule has 0 saturated heterocycles. The molecule has 3 nitrogen and oxygen atoms in total. The van der Waals surface area contributed by atoms with Crippen LogP contribution in [0, 0.1) is 0 Å². The molecule has 9 heavy (non-hydrogen) atoms. The summed E-state index contributed by atoms with van der Waals surface area (Å²) in [5, 5.41) is 3.63. The van der Waals surface area contributed by atoms with Gasteiger partial charge in [0.05, 0.1) is 4.88 Å². The Morgan fingerprint density at radius 1 is 1.78 bits per heavy atom. The molecule has 1 rings (SSSR count). The van der Waals surface area contributed by atoms with Gasteiger partial charge < -0.3 is 5.73 Å². The standard InChI is InChI=1S/C5H7N3S/c1-2-3-4-5(6)7-8-9-4/h2H,1,3,6H2. The van der Waals surface area contributed by atoms with Crippen LogP contribution >= 0.6 is 11.5 Å². The Balaban J connectivity index is 2.80. The van der Waals surface area contributed by atoms with Gasteiger partial charge in [0.2, 0.25) is 0 Å². The number of anilines is 1. The molecular formula is C5H7N3S. The van der Waals surface area contributed by atoms with Crippen molar-refractivity contribution in [1.82, 2.24) is 9.59 Å². The van der Waals surface area contributed by atoms with Crippen LogP contribution in [0.1, 0.15) is 4.88 Å². The molecular weight excluding hydrogens is 134 g/mol. The quantitative estimate of drug-likeness (QED) is 0.621. The summed E-state index contributed by atoms with van der Waals surface area (Å²) < 4.78 is 3.66. The maximum absolute atomic E-state index is 5.42. The zero-order chi connectivity index (χ0) is 6.69. The highest BCUT2D eigenvalue weighted by Gasteiger charge is 1.98. The Hall–Kier alpha value is -0.900. The van der Waals surface area contributed by atoms with Crippen LogP contribution < -0.4 is 5.73 Å². The molecule has 0 aliphatic rings. The Morgan fingerprint density at radius 3 is 3.00 bits per heavy atom. The average Bonchev–Trinajstić information content (AvgIpc) is 2.18. The van der Waals surface area contributed by atoms with E-state index >= 15 is 0 Å². The second-order valence-electron chi connectivity index (χ2n) is 1.57. The fraction of sp³-hybridized carbons (Fsp3) is 0.200. The van der Waals surface area contributed by atoms with Crippen LogP contribution in [-0.4, -0.2) is 9.59 Å². The summed E-state index contributed by atoms with van der Waals surface area (Å²) in [6.45, 7) is 3.57. The summed E-state index contributed by atoms with van der Waals surface area (Å²) in [6.07, 6.45) is 2.55. The van der Waals surface area contributed by atoms with Gasteiger partial charge in [-0.25, -0.2) is 0 Å². The molecule has 0 fully saturated rings. The minimum Gasteiger partial charge on any atom is -0.381 e. The normalized spacial score (nSPS) is 9.33. The summed E-state index contributed by atoms with van der Waals surface area (Å²) in [4.78, 5) is 0.991. The highest BCUT2D eigenvalue weighted by atomic mass is 32.1. The van der Waals surface area contributed by atoms with Crippen molar-refractivity contribution < 1.29 is 0 Å². The van der Waals surface area contributed by atoms with Gasteiger partial charge in [-0.1, -0.05) is 10.6 Å². The first-order chi connectivity index (χ1) is 4.34. The second-order valence-corrected chi connectivity index (χ2v) is 2.41. The monoisotopic (exact) mass is 141 g/mol. The smallest absolute Gasteiger partial charge is 0.162 e. The van der Waals surface area contributed by atoms with Crippen molar-refractivity contribution in [2.45, 2.75) is 6.42 Å². The van der Waals surface area contributed by atoms with Gasteiger partial charge in [0, 0.05) is 6.42 Å². The van der Waals surface area contributed by atoms with Crippen LogP contribution in [0.3, 0.4) is 0 Å². The van der Waals surface area contributed by atoms with Crippen molar-refractivity contribution in [3.63, 3.8) is 0 Å². The van der Waals surface area contributed by atoms with Gasteiger partial charge in [-0.05, 0) is 11.5 Å². The van der Waals surface area contributed by atoms with E-state index in [1.165, 1.54) is 11.5 Å². The molecule has 4 heteroatoms. The Morgan fingerprint density at radius 2 is 2.56 bits per heavy atom. The number of nitrogen functional groups attached to an aromatic ring is 1. The van der Waals surface area contributed by atoms with E-state index in [1.54, 1.807) is 6.08 Å². The molecule has 48 valence electrons. The zero-order valence-electron chi connectivity index (χ0n) is 4.87. The number of nitrogens with zero attached hydrogens (tertiary/aromatic N) is 2. The summed E-state index contributed by atoms with van der Waals surface area (Å²) in [5.41, 5.74) is 5.42. The molecule has 0 amide bonds.